The molecule has 8 nitrogen and oxygen atoms in total. The van der Waals surface area contributed by atoms with Crippen LogP contribution in [0.5, 0.6) is 11.5 Å². The van der Waals surface area contributed by atoms with Crippen molar-refractivity contribution in [1.82, 2.24) is 15.2 Å². The summed E-state index contributed by atoms with van der Waals surface area (Å²) < 4.78 is 10.5. The Morgan fingerprint density at radius 3 is 2.23 bits per heavy atom. The summed E-state index contributed by atoms with van der Waals surface area (Å²) in [5.41, 5.74) is 2.47. The maximum Gasteiger partial charge on any atom is 0.227 e. The first-order valence-corrected chi connectivity index (χ1v) is 10.2. The van der Waals surface area contributed by atoms with E-state index in [2.05, 4.69) is 25.4 Å². The van der Waals surface area contributed by atoms with Crippen LogP contribution in [-0.4, -0.2) is 48.4 Å². The van der Waals surface area contributed by atoms with E-state index in [1.165, 1.54) is 0 Å². The van der Waals surface area contributed by atoms with Gasteiger partial charge in [-0.2, -0.15) is 0 Å². The molecule has 0 saturated carbocycles. The molecule has 1 saturated heterocycles. The van der Waals surface area contributed by atoms with E-state index in [-0.39, 0.29) is 11.8 Å². The topological polar surface area (TPSA) is 89.5 Å². The van der Waals surface area contributed by atoms with Gasteiger partial charge in [0.2, 0.25) is 5.91 Å². The molecule has 0 aliphatic carbocycles. The average molecular weight is 419 g/mol. The zero-order valence-corrected chi connectivity index (χ0v) is 17.6. The predicted octanol–water partition coefficient (Wildman–Crippen LogP) is 3.41. The van der Waals surface area contributed by atoms with Crippen LogP contribution in [0.1, 0.15) is 12.8 Å². The zero-order valence-electron chi connectivity index (χ0n) is 17.6. The van der Waals surface area contributed by atoms with Crippen molar-refractivity contribution in [1.29, 1.82) is 0 Å². The second kappa shape index (κ2) is 9.42. The molecule has 1 fully saturated rings. The van der Waals surface area contributed by atoms with Gasteiger partial charge >= 0.3 is 0 Å². The molecule has 0 radical (unpaired) electrons. The van der Waals surface area contributed by atoms with E-state index < -0.39 is 0 Å². The van der Waals surface area contributed by atoms with Crippen LogP contribution in [0.4, 0.5) is 11.5 Å². The summed E-state index contributed by atoms with van der Waals surface area (Å²) >= 11 is 0. The van der Waals surface area contributed by atoms with Crippen LogP contribution in [0.25, 0.3) is 11.3 Å². The second-order valence-corrected chi connectivity index (χ2v) is 7.36. The highest BCUT2D eigenvalue weighted by atomic mass is 16.5. The van der Waals surface area contributed by atoms with Crippen LogP contribution >= 0.6 is 0 Å². The number of carbonyl (C=O) groups is 1. The van der Waals surface area contributed by atoms with Crippen LogP contribution in [0.2, 0.25) is 0 Å². The Balaban J connectivity index is 1.35. The number of aromatic nitrogens is 3. The normalized spacial score (nSPS) is 14.2. The summed E-state index contributed by atoms with van der Waals surface area (Å²) in [6.07, 6.45) is 4.98. The number of carbonyl (C=O) groups excluding carboxylic acids is 1. The molecule has 1 amide bonds. The SMILES string of the molecule is COc1cc(NC(=O)C2CCN(c3ccc(-c4ccncc4)nn3)CC2)cc(OC)c1. The fourth-order valence-corrected chi connectivity index (χ4v) is 3.67. The van der Waals surface area contributed by atoms with Crippen LogP contribution < -0.4 is 19.7 Å². The molecule has 31 heavy (non-hydrogen) atoms. The molecule has 8 heteroatoms. The number of hydrogen-bond donors (Lipinski definition) is 1. The van der Waals surface area contributed by atoms with Gasteiger partial charge in [0.15, 0.2) is 5.82 Å². The number of methoxy groups -OCH3 is 2. The van der Waals surface area contributed by atoms with Crippen molar-refractivity contribution in [3.05, 3.63) is 54.9 Å². The van der Waals surface area contributed by atoms with Crippen LogP contribution in [0, 0.1) is 5.92 Å². The average Bonchev–Trinajstić information content (AvgIpc) is 2.84. The molecule has 3 aromatic rings. The minimum atomic E-state index is -0.0579. The first-order valence-electron chi connectivity index (χ1n) is 10.2. The number of hydrogen-bond acceptors (Lipinski definition) is 7. The summed E-state index contributed by atoms with van der Waals surface area (Å²) in [5, 5.41) is 11.7. The summed E-state index contributed by atoms with van der Waals surface area (Å²) in [4.78, 5) is 19.0. The molecular weight excluding hydrogens is 394 g/mol. The van der Waals surface area contributed by atoms with Crippen LogP contribution in [0.3, 0.4) is 0 Å². The molecule has 0 spiro atoms. The van der Waals surface area contributed by atoms with E-state index in [1.807, 2.05) is 24.3 Å². The van der Waals surface area contributed by atoms with Gasteiger partial charge in [-0.1, -0.05) is 0 Å². The van der Waals surface area contributed by atoms with Crippen molar-refractivity contribution in [3.8, 4) is 22.8 Å². The van der Waals surface area contributed by atoms with E-state index in [4.69, 9.17) is 9.47 Å². The van der Waals surface area contributed by atoms with Crippen molar-refractivity contribution in [2.45, 2.75) is 12.8 Å². The molecule has 1 aromatic carbocycles. The summed E-state index contributed by atoms with van der Waals surface area (Å²) in [6, 6.07) is 13.1. The molecule has 2 aromatic heterocycles. The lowest BCUT2D eigenvalue weighted by Gasteiger charge is -2.31. The molecule has 1 N–H and O–H groups in total. The van der Waals surface area contributed by atoms with Crippen molar-refractivity contribution < 1.29 is 14.3 Å². The van der Waals surface area contributed by atoms with E-state index in [0.717, 1.165) is 43.0 Å². The van der Waals surface area contributed by atoms with Gasteiger partial charge in [0.1, 0.15) is 11.5 Å². The summed E-state index contributed by atoms with van der Waals surface area (Å²) in [6.45, 7) is 1.51. The maximum atomic E-state index is 12.8. The molecule has 1 aliphatic heterocycles. The van der Waals surface area contributed by atoms with Gasteiger partial charge in [0, 0.05) is 60.9 Å². The van der Waals surface area contributed by atoms with Gasteiger partial charge in [0.25, 0.3) is 0 Å². The minimum absolute atomic E-state index is 0.00840. The first-order chi connectivity index (χ1) is 15.2. The Morgan fingerprint density at radius 2 is 1.65 bits per heavy atom. The molecule has 3 heterocycles. The van der Waals surface area contributed by atoms with E-state index in [0.29, 0.717) is 17.2 Å². The molecule has 4 rings (SSSR count). The number of rotatable bonds is 6. The van der Waals surface area contributed by atoms with E-state index >= 15 is 0 Å². The highest BCUT2D eigenvalue weighted by molar-refractivity contribution is 5.93. The third-order valence-corrected chi connectivity index (χ3v) is 5.44. The monoisotopic (exact) mass is 419 g/mol. The lowest BCUT2D eigenvalue weighted by atomic mass is 9.95. The van der Waals surface area contributed by atoms with Gasteiger partial charge < -0.3 is 19.7 Å². The lowest BCUT2D eigenvalue weighted by Crippen LogP contribution is -2.38. The number of ether oxygens (including phenoxy) is 2. The molecule has 0 unspecified atom stereocenters. The number of piperidine rings is 1. The Labute approximate surface area is 181 Å². The number of amides is 1. The lowest BCUT2D eigenvalue weighted by molar-refractivity contribution is -0.120. The Bertz CT molecular complexity index is 997. The van der Waals surface area contributed by atoms with Crippen LogP contribution in [0.15, 0.2) is 54.9 Å². The van der Waals surface area contributed by atoms with Crippen molar-refractivity contribution in [3.63, 3.8) is 0 Å². The number of benzene rings is 1. The van der Waals surface area contributed by atoms with E-state index in [9.17, 15) is 4.79 Å². The summed E-state index contributed by atoms with van der Waals surface area (Å²) in [5.74, 6) is 2.05. The molecular formula is C23H25N5O3. The molecule has 1 aliphatic rings. The highest BCUT2D eigenvalue weighted by Gasteiger charge is 2.26. The smallest absolute Gasteiger partial charge is 0.227 e. The minimum Gasteiger partial charge on any atom is -0.497 e. The number of anilines is 2. The predicted molar refractivity (Wildman–Crippen MR) is 118 cm³/mol. The fraction of sp³-hybridized carbons (Fsp3) is 0.304. The van der Waals surface area contributed by atoms with Crippen molar-refractivity contribution >= 4 is 17.4 Å². The third kappa shape index (κ3) is 4.91. The van der Waals surface area contributed by atoms with Gasteiger partial charge in [0.05, 0.1) is 19.9 Å². The standard InChI is InChI=1S/C23H25N5O3/c1-30-19-13-18(14-20(15-19)31-2)25-23(29)17-7-11-28(12-8-17)22-4-3-21(26-27-22)16-5-9-24-10-6-16/h3-6,9-10,13-15,17H,7-8,11-12H2,1-2H3,(H,25,29). The van der Waals surface area contributed by atoms with Crippen LogP contribution in [-0.2, 0) is 4.79 Å². The quantitative estimate of drug-likeness (QED) is 0.655. The second-order valence-electron chi connectivity index (χ2n) is 7.36. The van der Waals surface area contributed by atoms with Crippen molar-refractivity contribution in [2.24, 2.45) is 5.92 Å². The Morgan fingerprint density at radius 1 is 0.968 bits per heavy atom. The maximum absolute atomic E-state index is 12.8. The van der Waals surface area contributed by atoms with Gasteiger partial charge in [-0.3, -0.25) is 9.78 Å². The largest absolute Gasteiger partial charge is 0.497 e. The number of nitrogens with zero attached hydrogens (tertiary/aromatic N) is 4. The number of pyridine rings is 1. The summed E-state index contributed by atoms with van der Waals surface area (Å²) in [7, 11) is 3.17. The first kappa shape index (κ1) is 20.6. The fourth-order valence-electron chi connectivity index (χ4n) is 3.67. The van der Waals surface area contributed by atoms with Gasteiger partial charge in [-0.25, -0.2) is 0 Å². The molecule has 0 bridgehead atoms. The molecule has 0 atom stereocenters. The van der Waals surface area contributed by atoms with Gasteiger partial charge in [-0.05, 0) is 37.1 Å². The Kier molecular flexibility index (Phi) is 6.26. The number of nitrogens with one attached hydrogen (secondary N) is 1. The van der Waals surface area contributed by atoms with Gasteiger partial charge in [-0.15, -0.1) is 10.2 Å². The zero-order chi connectivity index (χ0) is 21.6. The Hall–Kier alpha value is -3.68. The highest BCUT2D eigenvalue weighted by Crippen LogP contribution is 2.28. The van der Waals surface area contributed by atoms with E-state index in [1.54, 1.807) is 44.8 Å². The molecule has 160 valence electrons. The van der Waals surface area contributed by atoms with Crippen molar-refractivity contribution in [2.75, 3.05) is 37.5 Å². The third-order valence-electron chi connectivity index (χ3n) is 5.44.